The van der Waals surface area contributed by atoms with Crippen LogP contribution in [-0.4, -0.2) is 30.3 Å². The van der Waals surface area contributed by atoms with Crippen LogP contribution in [0.15, 0.2) is 4.52 Å². The summed E-state index contributed by atoms with van der Waals surface area (Å²) in [5.41, 5.74) is 1.21. The maximum Gasteiger partial charge on any atom is 0.256 e. The topological polar surface area (TPSA) is 64.4 Å². The first-order valence-corrected chi connectivity index (χ1v) is 8.36. The highest BCUT2D eigenvalue weighted by Gasteiger charge is 2.23. The zero-order valence-electron chi connectivity index (χ0n) is 14.1. The van der Waals surface area contributed by atoms with E-state index in [-0.39, 0.29) is 11.8 Å². The number of aryl methyl sites for hydroxylation is 1. The molecule has 0 aromatic carbocycles. The van der Waals surface area contributed by atoms with E-state index in [1.165, 1.54) is 19.3 Å². The molecule has 0 bridgehead atoms. The van der Waals surface area contributed by atoms with Crippen LogP contribution in [0.5, 0.6) is 0 Å². The van der Waals surface area contributed by atoms with Gasteiger partial charge in [0.25, 0.3) is 5.91 Å². The molecule has 0 spiro atoms. The van der Waals surface area contributed by atoms with Gasteiger partial charge >= 0.3 is 0 Å². The first-order valence-electron chi connectivity index (χ1n) is 8.36. The van der Waals surface area contributed by atoms with Crippen LogP contribution < -0.4 is 5.32 Å². The molecule has 0 aliphatic heterocycles. The van der Waals surface area contributed by atoms with E-state index in [1.54, 1.807) is 6.92 Å². The predicted octanol–water partition coefficient (Wildman–Crippen LogP) is 3.43. The fourth-order valence-electron chi connectivity index (χ4n) is 3.05. The Morgan fingerprint density at radius 3 is 2.82 bits per heavy atom. The van der Waals surface area contributed by atoms with Gasteiger partial charge in [0.2, 0.25) is 0 Å². The molecule has 1 aromatic rings. The third-order valence-corrected chi connectivity index (χ3v) is 4.39. The van der Waals surface area contributed by atoms with Crippen LogP contribution in [0, 0.1) is 12.8 Å². The Balaban J connectivity index is 1.79. The summed E-state index contributed by atoms with van der Waals surface area (Å²) in [6, 6.07) is 0. The molecule has 0 radical (unpaired) electrons. The van der Waals surface area contributed by atoms with Gasteiger partial charge in [-0.15, -0.1) is 0 Å². The Morgan fingerprint density at radius 1 is 1.41 bits per heavy atom. The third kappa shape index (κ3) is 4.09. The van der Waals surface area contributed by atoms with Gasteiger partial charge in [-0.2, -0.15) is 0 Å². The van der Waals surface area contributed by atoms with E-state index in [9.17, 15) is 4.79 Å². The minimum atomic E-state index is -0.122. The molecule has 5 nitrogen and oxygen atoms in total. The molecule has 1 aliphatic carbocycles. The minimum Gasteiger partial charge on any atom is -0.376 e. The average Bonchev–Trinajstić information content (AvgIpc) is 2.87. The molecule has 5 heteroatoms. The number of ether oxygens (including phenoxy) is 1. The molecule has 1 fully saturated rings. The fourth-order valence-corrected chi connectivity index (χ4v) is 3.05. The Labute approximate surface area is 132 Å². The highest BCUT2D eigenvalue weighted by Crippen LogP contribution is 2.26. The van der Waals surface area contributed by atoms with Crippen LogP contribution in [0.3, 0.4) is 0 Å². The lowest BCUT2D eigenvalue weighted by Crippen LogP contribution is -2.32. The summed E-state index contributed by atoms with van der Waals surface area (Å²) < 4.78 is 11.2. The number of nitrogens with one attached hydrogen (secondary N) is 1. The summed E-state index contributed by atoms with van der Waals surface area (Å²) in [5.74, 6) is 1.29. The summed E-state index contributed by atoms with van der Waals surface area (Å²) in [6.45, 7) is 9.10. The van der Waals surface area contributed by atoms with Crippen molar-refractivity contribution in [2.24, 2.45) is 5.92 Å². The molecule has 0 unspecified atom stereocenters. The monoisotopic (exact) mass is 308 g/mol. The maximum absolute atomic E-state index is 12.3. The van der Waals surface area contributed by atoms with Crippen LogP contribution in [-0.2, 0) is 4.74 Å². The molecule has 1 amide bonds. The number of aromatic nitrogens is 1. The first kappa shape index (κ1) is 17.0. The number of carbonyl (C=O) groups is 1. The van der Waals surface area contributed by atoms with Crippen molar-refractivity contribution in [1.82, 2.24) is 10.5 Å². The molecule has 124 valence electrons. The molecule has 1 heterocycles. The van der Waals surface area contributed by atoms with E-state index in [0.717, 1.165) is 6.42 Å². The summed E-state index contributed by atoms with van der Waals surface area (Å²) in [7, 11) is 0. The van der Waals surface area contributed by atoms with Crippen LogP contribution >= 0.6 is 0 Å². The molecular weight excluding hydrogens is 280 g/mol. The molecule has 1 aliphatic rings. The van der Waals surface area contributed by atoms with E-state index >= 15 is 0 Å². The van der Waals surface area contributed by atoms with Gasteiger partial charge in [-0.1, -0.05) is 38.8 Å². The summed E-state index contributed by atoms with van der Waals surface area (Å²) >= 11 is 0. The van der Waals surface area contributed by atoms with Crippen LogP contribution in [0.4, 0.5) is 0 Å². The van der Waals surface area contributed by atoms with Gasteiger partial charge in [0.1, 0.15) is 5.56 Å². The lowest BCUT2D eigenvalue weighted by atomic mass is 9.88. The molecule has 2 rings (SSSR count). The van der Waals surface area contributed by atoms with Crippen molar-refractivity contribution in [2.75, 3.05) is 13.2 Å². The van der Waals surface area contributed by atoms with Gasteiger partial charge in [-0.05, 0) is 25.7 Å². The largest absolute Gasteiger partial charge is 0.376 e. The molecule has 1 N–H and O–H groups in total. The maximum atomic E-state index is 12.3. The molecule has 2 atom stereocenters. The van der Waals surface area contributed by atoms with Gasteiger partial charge in [0.05, 0.1) is 18.4 Å². The Morgan fingerprint density at radius 2 is 2.14 bits per heavy atom. The van der Waals surface area contributed by atoms with Crippen molar-refractivity contribution in [3.8, 4) is 0 Å². The van der Waals surface area contributed by atoms with Crippen molar-refractivity contribution >= 4 is 5.91 Å². The van der Waals surface area contributed by atoms with Gasteiger partial charge in [0.15, 0.2) is 5.76 Å². The summed E-state index contributed by atoms with van der Waals surface area (Å²) in [4.78, 5) is 12.3. The quantitative estimate of drug-likeness (QED) is 0.818. The third-order valence-electron chi connectivity index (χ3n) is 4.39. The second kappa shape index (κ2) is 7.77. The van der Waals surface area contributed by atoms with Crippen molar-refractivity contribution in [3.63, 3.8) is 0 Å². The fraction of sp³-hybridized carbons (Fsp3) is 0.765. The number of hydrogen-bond acceptors (Lipinski definition) is 4. The Kier molecular flexibility index (Phi) is 6.00. The molecular formula is C17H28N2O3. The smallest absolute Gasteiger partial charge is 0.256 e. The Hall–Kier alpha value is -1.36. The number of amides is 1. The van der Waals surface area contributed by atoms with Gasteiger partial charge in [-0.25, -0.2) is 0 Å². The Bertz CT molecular complexity index is 496. The van der Waals surface area contributed by atoms with Crippen molar-refractivity contribution in [3.05, 3.63) is 17.0 Å². The normalized spacial score (nSPS) is 22.0. The van der Waals surface area contributed by atoms with E-state index in [1.807, 2.05) is 13.8 Å². The summed E-state index contributed by atoms with van der Waals surface area (Å²) in [5, 5.41) is 6.82. The van der Waals surface area contributed by atoms with Crippen LogP contribution in [0.25, 0.3) is 0 Å². The van der Waals surface area contributed by atoms with E-state index in [4.69, 9.17) is 9.26 Å². The standard InChI is InChI=1S/C17H28N2O3/c1-11(2)16-15(13(4)19-22-16)17(20)18-9-10-21-14-8-6-5-7-12(14)3/h11-12,14H,5-10H2,1-4H3,(H,18,20)/t12-,14+/m1/s1. The number of carbonyl (C=O) groups excluding carboxylic acids is 1. The molecule has 22 heavy (non-hydrogen) atoms. The van der Waals surface area contributed by atoms with Gasteiger partial charge < -0.3 is 14.6 Å². The molecule has 1 aromatic heterocycles. The van der Waals surface area contributed by atoms with Gasteiger partial charge in [0, 0.05) is 12.5 Å². The lowest BCUT2D eigenvalue weighted by molar-refractivity contribution is -0.00294. The minimum absolute atomic E-state index is 0.122. The van der Waals surface area contributed by atoms with E-state index < -0.39 is 0 Å². The zero-order chi connectivity index (χ0) is 16.1. The van der Waals surface area contributed by atoms with E-state index in [2.05, 4.69) is 17.4 Å². The molecule has 0 saturated heterocycles. The number of rotatable bonds is 6. The van der Waals surface area contributed by atoms with E-state index in [0.29, 0.717) is 42.2 Å². The number of nitrogens with zero attached hydrogens (tertiary/aromatic N) is 1. The SMILES string of the molecule is Cc1noc(C(C)C)c1C(=O)NCCO[C@H]1CCCC[C@H]1C. The first-order chi connectivity index (χ1) is 10.5. The van der Waals surface area contributed by atoms with Crippen molar-refractivity contribution in [1.29, 1.82) is 0 Å². The highest BCUT2D eigenvalue weighted by molar-refractivity contribution is 5.96. The van der Waals surface area contributed by atoms with Gasteiger partial charge in [-0.3, -0.25) is 4.79 Å². The lowest BCUT2D eigenvalue weighted by Gasteiger charge is -2.28. The second-order valence-corrected chi connectivity index (χ2v) is 6.59. The number of hydrogen-bond donors (Lipinski definition) is 1. The second-order valence-electron chi connectivity index (χ2n) is 6.59. The van der Waals surface area contributed by atoms with Crippen molar-refractivity contribution in [2.45, 2.75) is 65.4 Å². The zero-order valence-corrected chi connectivity index (χ0v) is 14.1. The average molecular weight is 308 g/mol. The van der Waals surface area contributed by atoms with Crippen LogP contribution in [0.2, 0.25) is 0 Å². The molecule has 1 saturated carbocycles. The van der Waals surface area contributed by atoms with Crippen molar-refractivity contribution < 1.29 is 14.1 Å². The highest BCUT2D eigenvalue weighted by atomic mass is 16.5. The predicted molar refractivity (Wildman–Crippen MR) is 85.0 cm³/mol. The summed E-state index contributed by atoms with van der Waals surface area (Å²) in [6.07, 6.45) is 5.28. The van der Waals surface area contributed by atoms with Crippen LogP contribution in [0.1, 0.15) is 74.2 Å².